The molecule has 0 atom stereocenters. The number of hydrogen-bond donors (Lipinski definition) is 1. The number of rotatable bonds is 3. The van der Waals surface area contributed by atoms with Gasteiger partial charge >= 0.3 is 0 Å². The molecule has 2 rings (SSSR count). The summed E-state index contributed by atoms with van der Waals surface area (Å²) in [5.41, 5.74) is 1.97. The summed E-state index contributed by atoms with van der Waals surface area (Å²) in [4.78, 5) is 8.19. The van der Waals surface area contributed by atoms with E-state index in [1.807, 2.05) is 6.07 Å². The number of nitriles is 1. The maximum atomic E-state index is 12.7. The highest BCUT2D eigenvalue weighted by Crippen LogP contribution is 2.07. The van der Waals surface area contributed by atoms with E-state index in [0.29, 0.717) is 18.2 Å². The van der Waals surface area contributed by atoms with Crippen molar-refractivity contribution in [3.05, 3.63) is 53.1 Å². The summed E-state index contributed by atoms with van der Waals surface area (Å²) in [5, 5.41) is 11.8. The lowest BCUT2D eigenvalue weighted by Crippen LogP contribution is -2.05. The zero-order chi connectivity index (χ0) is 13.0. The molecule has 0 amide bonds. The quantitative estimate of drug-likeness (QED) is 0.897. The average Bonchev–Trinajstić information content (AvgIpc) is 2.37. The molecule has 0 aliphatic heterocycles. The first-order valence-corrected chi connectivity index (χ1v) is 5.41. The standard InChI is InChI=1S/C13H11FN4/c1-9-6-12(7-15)18-13(17-9)16-8-10-2-4-11(14)5-3-10/h2-6H,8H2,1H3,(H,16,17,18). The summed E-state index contributed by atoms with van der Waals surface area (Å²) in [6.45, 7) is 2.28. The second kappa shape index (κ2) is 5.23. The van der Waals surface area contributed by atoms with Gasteiger partial charge in [0.1, 0.15) is 17.6 Å². The Bertz CT molecular complexity index is 587. The molecule has 0 saturated carbocycles. The van der Waals surface area contributed by atoms with Gasteiger partial charge in [0.15, 0.2) is 0 Å². The van der Waals surface area contributed by atoms with Crippen molar-refractivity contribution in [3.8, 4) is 6.07 Å². The fourth-order valence-corrected chi connectivity index (χ4v) is 1.49. The summed E-state index contributed by atoms with van der Waals surface area (Å²) >= 11 is 0. The summed E-state index contributed by atoms with van der Waals surface area (Å²) in [5.74, 6) is 0.133. The van der Waals surface area contributed by atoms with E-state index in [1.165, 1.54) is 12.1 Å². The van der Waals surface area contributed by atoms with Crippen molar-refractivity contribution in [3.63, 3.8) is 0 Å². The third-order valence-electron chi connectivity index (χ3n) is 2.33. The van der Waals surface area contributed by atoms with E-state index in [-0.39, 0.29) is 5.82 Å². The molecular formula is C13H11FN4. The summed E-state index contributed by atoms with van der Waals surface area (Å²) in [6, 6.07) is 9.75. The van der Waals surface area contributed by atoms with Crippen molar-refractivity contribution >= 4 is 5.95 Å². The highest BCUT2D eigenvalue weighted by molar-refractivity contribution is 5.34. The van der Waals surface area contributed by atoms with Crippen LogP contribution in [0.1, 0.15) is 17.0 Å². The minimum atomic E-state index is -0.266. The van der Waals surface area contributed by atoms with Crippen molar-refractivity contribution in [2.45, 2.75) is 13.5 Å². The Morgan fingerprint density at radius 1 is 1.28 bits per heavy atom. The van der Waals surface area contributed by atoms with Gasteiger partial charge in [0.25, 0.3) is 0 Å². The zero-order valence-corrected chi connectivity index (χ0v) is 9.81. The molecule has 90 valence electrons. The lowest BCUT2D eigenvalue weighted by atomic mass is 10.2. The Morgan fingerprint density at radius 3 is 2.67 bits per heavy atom. The van der Waals surface area contributed by atoms with Crippen LogP contribution in [0.5, 0.6) is 0 Å². The number of hydrogen-bond acceptors (Lipinski definition) is 4. The van der Waals surface area contributed by atoms with Gasteiger partial charge in [-0.3, -0.25) is 0 Å². The molecule has 18 heavy (non-hydrogen) atoms. The molecule has 0 saturated heterocycles. The number of aryl methyl sites for hydroxylation is 1. The highest BCUT2D eigenvalue weighted by Gasteiger charge is 2.01. The summed E-state index contributed by atoms with van der Waals surface area (Å²) in [7, 11) is 0. The molecule has 0 radical (unpaired) electrons. The first-order chi connectivity index (χ1) is 8.67. The normalized spacial score (nSPS) is 9.83. The van der Waals surface area contributed by atoms with Crippen LogP contribution in [-0.2, 0) is 6.54 Å². The Morgan fingerprint density at radius 2 is 2.00 bits per heavy atom. The summed E-state index contributed by atoms with van der Waals surface area (Å²) in [6.07, 6.45) is 0. The van der Waals surface area contributed by atoms with E-state index in [1.54, 1.807) is 25.1 Å². The van der Waals surface area contributed by atoms with Crippen LogP contribution in [0.2, 0.25) is 0 Å². The molecule has 1 N–H and O–H groups in total. The molecule has 0 unspecified atom stereocenters. The molecule has 0 aliphatic carbocycles. The van der Waals surface area contributed by atoms with Crippen LogP contribution in [0, 0.1) is 24.1 Å². The molecule has 0 bridgehead atoms. The van der Waals surface area contributed by atoms with Crippen LogP contribution in [0.15, 0.2) is 30.3 Å². The lowest BCUT2D eigenvalue weighted by molar-refractivity contribution is 0.627. The molecule has 0 spiro atoms. The van der Waals surface area contributed by atoms with E-state index < -0.39 is 0 Å². The number of halogens is 1. The topological polar surface area (TPSA) is 61.6 Å². The Labute approximate surface area is 104 Å². The minimum Gasteiger partial charge on any atom is -0.350 e. The number of anilines is 1. The monoisotopic (exact) mass is 242 g/mol. The predicted molar refractivity (Wildman–Crippen MR) is 65.2 cm³/mol. The highest BCUT2D eigenvalue weighted by atomic mass is 19.1. The molecule has 5 heteroatoms. The fraction of sp³-hybridized carbons (Fsp3) is 0.154. The third-order valence-corrected chi connectivity index (χ3v) is 2.33. The van der Waals surface area contributed by atoms with Gasteiger partial charge in [-0.1, -0.05) is 12.1 Å². The van der Waals surface area contributed by atoms with Gasteiger partial charge in [-0.2, -0.15) is 5.26 Å². The molecule has 1 heterocycles. The number of nitrogens with one attached hydrogen (secondary N) is 1. The molecule has 2 aromatic rings. The average molecular weight is 242 g/mol. The fourth-order valence-electron chi connectivity index (χ4n) is 1.49. The number of nitrogens with zero attached hydrogens (tertiary/aromatic N) is 3. The van der Waals surface area contributed by atoms with Crippen molar-refractivity contribution < 1.29 is 4.39 Å². The Kier molecular flexibility index (Phi) is 3.49. The first kappa shape index (κ1) is 12.0. The molecule has 0 fully saturated rings. The van der Waals surface area contributed by atoms with Gasteiger partial charge in [-0.15, -0.1) is 0 Å². The van der Waals surface area contributed by atoms with Gasteiger partial charge in [-0.25, -0.2) is 14.4 Å². The SMILES string of the molecule is Cc1cc(C#N)nc(NCc2ccc(F)cc2)n1. The van der Waals surface area contributed by atoms with Crippen LogP contribution < -0.4 is 5.32 Å². The first-order valence-electron chi connectivity index (χ1n) is 5.41. The van der Waals surface area contributed by atoms with E-state index in [4.69, 9.17) is 5.26 Å². The van der Waals surface area contributed by atoms with Crippen LogP contribution in [0.4, 0.5) is 10.3 Å². The second-order valence-electron chi connectivity index (χ2n) is 3.81. The zero-order valence-electron chi connectivity index (χ0n) is 9.81. The van der Waals surface area contributed by atoms with Gasteiger partial charge < -0.3 is 5.32 Å². The maximum Gasteiger partial charge on any atom is 0.224 e. The van der Waals surface area contributed by atoms with E-state index >= 15 is 0 Å². The molecule has 1 aromatic carbocycles. The van der Waals surface area contributed by atoms with Crippen molar-refractivity contribution in [2.24, 2.45) is 0 Å². The van der Waals surface area contributed by atoms with Crippen LogP contribution in [0.25, 0.3) is 0 Å². The Balaban J connectivity index is 2.08. The van der Waals surface area contributed by atoms with Crippen molar-refractivity contribution in [1.82, 2.24) is 9.97 Å². The maximum absolute atomic E-state index is 12.7. The van der Waals surface area contributed by atoms with Crippen LogP contribution >= 0.6 is 0 Å². The molecular weight excluding hydrogens is 231 g/mol. The number of benzene rings is 1. The van der Waals surface area contributed by atoms with Gasteiger partial charge in [-0.05, 0) is 30.7 Å². The molecule has 1 aromatic heterocycles. The van der Waals surface area contributed by atoms with Gasteiger partial charge in [0.2, 0.25) is 5.95 Å². The third kappa shape index (κ3) is 3.01. The largest absolute Gasteiger partial charge is 0.350 e. The molecule has 4 nitrogen and oxygen atoms in total. The van der Waals surface area contributed by atoms with E-state index in [2.05, 4.69) is 15.3 Å². The van der Waals surface area contributed by atoms with Crippen molar-refractivity contribution in [2.75, 3.05) is 5.32 Å². The minimum absolute atomic E-state index is 0.266. The smallest absolute Gasteiger partial charge is 0.224 e. The van der Waals surface area contributed by atoms with Gasteiger partial charge in [0.05, 0.1) is 0 Å². The number of aromatic nitrogens is 2. The lowest BCUT2D eigenvalue weighted by Gasteiger charge is -2.05. The van der Waals surface area contributed by atoms with Gasteiger partial charge in [0, 0.05) is 12.2 Å². The van der Waals surface area contributed by atoms with Crippen LogP contribution in [-0.4, -0.2) is 9.97 Å². The van der Waals surface area contributed by atoms with E-state index in [0.717, 1.165) is 11.3 Å². The second-order valence-corrected chi connectivity index (χ2v) is 3.81. The molecule has 0 aliphatic rings. The Hall–Kier alpha value is -2.48. The van der Waals surface area contributed by atoms with E-state index in [9.17, 15) is 4.39 Å². The summed E-state index contributed by atoms with van der Waals surface area (Å²) < 4.78 is 12.7. The van der Waals surface area contributed by atoms with Crippen molar-refractivity contribution in [1.29, 1.82) is 5.26 Å². The predicted octanol–water partition coefficient (Wildman–Crippen LogP) is 2.41. The van der Waals surface area contributed by atoms with Crippen LogP contribution in [0.3, 0.4) is 0 Å².